The molecule has 0 fully saturated rings. The fourth-order valence-corrected chi connectivity index (χ4v) is 3.07. The monoisotopic (exact) mass is 412 g/mol. The number of aryl methyl sites for hydroxylation is 3. The van der Waals surface area contributed by atoms with Gasteiger partial charge in [0.25, 0.3) is 5.91 Å². The van der Waals surface area contributed by atoms with Gasteiger partial charge in [-0.2, -0.15) is 5.10 Å². The Hall–Kier alpha value is -2.83. The maximum atomic E-state index is 12.3. The molecule has 30 heavy (non-hydrogen) atoms. The number of benzene rings is 1. The molecule has 7 heteroatoms. The Morgan fingerprint density at radius 2 is 2.00 bits per heavy atom. The smallest absolute Gasteiger partial charge is 0.251 e. The lowest BCUT2D eigenvalue weighted by atomic mass is 10.1. The van der Waals surface area contributed by atoms with E-state index in [1.807, 2.05) is 49.7 Å². The van der Waals surface area contributed by atoms with E-state index in [-0.39, 0.29) is 11.9 Å². The second-order valence-electron chi connectivity index (χ2n) is 7.61. The highest BCUT2D eigenvalue weighted by Crippen LogP contribution is 2.08. The molecule has 3 N–H and O–H groups in total. The zero-order valence-electron chi connectivity index (χ0n) is 19.0. The lowest BCUT2D eigenvalue weighted by Crippen LogP contribution is -2.38. The number of guanidine groups is 1. The molecule has 0 aliphatic rings. The molecular weight excluding hydrogens is 376 g/mol. The van der Waals surface area contributed by atoms with Gasteiger partial charge in [0, 0.05) is 36.9 Å². The number of carbonyl (C=O) groups is 1. The number of amides is 1. The Bertz CT molecular complexity index is 842. The number of carbonyl (C=O) groups excluding carboxylic acids is 1. The fraction of sp³-hybridized carbons (Fsp3) is 0.522. The zero-order chi connectivity index (χ0) is 21.9. The van der Waals surface area contributed by atoms with Gasteiger partial charge in [-0.1, -0.05) is 19.1 Å². The maximum Gasteiger partial charge on any atom is 0.251 e. The van der Waals surface area contributed by atoms with E-state index in [1.54, 1.807) is 0 Å². The first kappa shape index (κ1) is 23.4. The summed E-state index contributed by atoms with van der Waals surface area (Å²) in [4.78, 5) is 17.0. The van der Waals surface area contributed by atoms with Crippen LogP contribution in [0, 0.1) is 13.8 Å². The number of hydrogen-bond acceptors (Lipinski definition) is 3. The molecule has 0 saturated carbocycles. The lowest BCUT2D eigenvalue weighted by Gasteiger charge is -2.13. The van der Waals surface area contributed by atoms with Crippen molar-refractivity contribution in [3.05, 3.63) is 52.8 Å². The van der Waals surface area contributed by atoms with Crippen LogP contribution in [0.15, 0.2) is 35.3 Å². The third kappa shape index (κ3) is 7.54. The van der Waals surface area contributed by atoms with E-state index in [1.165, 1.54) is 5.69 Å². The van der Waals surface area contributed by atoms with Crippen molar-refractivity contribution in [3.8, 4) is 0 Å². The van der Waals surface area contributed by atoms with Gasteiger partial charge in [0.1, 0.15) is 0 Å². The fourth-order valence-electron chi connectivity index (χ4n) is 3.07. The molecule has 1 unspecified atom stereocenters. The minimum Gasteiger partial charge on any atom is -0.357 e. The van der Waals surface area contributed by atoms with Crippen LogP contribution in [0.3, 0.4) is 0 Å². The van der Waals surface area contributed by atoms with Crippen LogP contribution in [0.25, 0.3) is 0 Å². The molecule has 0 bridgehead atoms. The molecule has 2 rings (SSSR count). The first-order valence-electron chi connectivity index (χ1n) is 10.9. The van der Waals surface area contributed by atoms with Crippen molar-refractivity contribution in [2.75, 3.05) is 13.1 Å². The quantitative estimate of drug-likeness (QED) is 0.318. The van der Waals surface area contributed by atoms with E-state index >= 15 is 0 Å². The third-order valence-electron chi connectivity index (χ3n) is 4.89. The van der Waals surface area contributed by atoms with Crippen molar-refractivity contribution < 1.29 is 4.79 Å². The van der Waals surface area contributed by atoms with E-state index in [0.29, 0.717) is 12.1 Å². The molecule has 2 aromatic rings. The molecule has 0 radical (unpaired) electrons. The second-order valence-corrected chi connectivity index (χ2v) is 7.61. The predicted molar refractivity (Wildman–Crippen MR) is 123 cm³/mol. The largest absolute Gasteiger partial charge is 0.357 e. The van der Waals surface area contributed by atoms with Gasteiger partial charge < -0.3 is 16.0 Å². The molecule has 7 nitrogen and oxygen atoms in total. The summed E-state index contributed by atoms with van der Waals surface area (Å²) in [6.07, 6.45) is 1.87. The van der Waals surface area contributed by atoms with Gasteiger partial charge in [-0.15, -0.1) is 0 Å². The van der Waals surface area contributed by atoms with E-state index in [2.05, 4.69) is 46.0 Å². The number of nitrogens with zero attached hydrogens (tertiary/aromatic N) is 3. The SMILES string of the molecule is CCNC(=NCc1cccc(C(=O)NC(C)CC)c1)NCCCn1nc(C)cc1C. The summed E-state index contributed by atoms with van der Waals surface area (Å²) in [5, 5.41) is 14.2. The third-order valence-corrected chi connectivity index (χ3v) is 4.89. The van der Waals surface area contributed by atoms with Gasteiger partial charge >= 0.3 is 0 Å². The van der Waals surface area contributed by atoms with Gasteiger partial charge in [-0.3, -0.25) is 9.48 Å². The highest BCUT2D eigenvalue weighted by Gasteiger charge is 2.09. The number of nitrogens with one attached hydrogen (secondary N) is 3. The van der Waals surface area contributed by atoms with Crippen molar-refractivity contribution in [2.45, 2.75) is 66.6 Å². The van der Waals surface area contributed by atoms with Gasteiger partial charge in [0.05, 0.1) is 12.2 Å². The summed E-state index contributed by atoms with van der Waals surface area (Å²) in [6, 6.07) is 9.91. The summed E-state index contributed by atoms with van der Waals surface area (Å²) in [7, 11) is 0. The van der Waals surface area contributed by atoms with Gasteiger partial charge in [-0.05, 0) is 64.3 Å². The maximum absolute atomic E-state index is 12.3. The Labute approximate surface area is 180 Å². The van der Waals surface area contributed by atoms with Crippen molar-refractivity contribution in [2.24, 2.45) is 4.99 Å². The molecule has 1 aromatic carbocycles. The molecular formula is C23H36N6O. The van der Waals surface area contributed by atoms with Crippen LogP contribution in [0.4, 0.5) is 0 Å². The lowest BCUT2D eigenvalue weighted by molar-refractivity contribution is 0.0939. The standard InChI is InChI=1S/C23H36N6O/c1-6-17(3)27-22(30)21-11-8-10-20(15-21)16-26-23(24-7-2)25-12-9-13-29-19(5)14-18(4)28-29/h8,10-11,14-15,17H,6-7,9,12-13,16H2,1-5H3,(H,27,30)(H2,24,25,26). The van der Waals surface area contributed by atoms with Crippen LogP contribution in [0.1, 0.15) is 60.9 Å². The Morgan fingerprint density at radius 1 is 1.20 bits per heavy atom. The molecule has 0 saturated heterocycles. The first-order chi connectivity index (χ1) is 14.4. The zero-order valence-corrected chi connectivity index (χ0v) is 19.0. The molecule has 1 aromatic heterocycles. The van der Waals surface area contributed by atoms with Crippen LogP contribution in [-0.4, -0.2) is 40.8 Å². The van der Waals surface area contributed by atoms with Crippen LogP contribution in [0.5, 0.6) is 0 Å². The van der Waals surface area contributed by atoms with E-state index in [9.17, 15) is 4.79 Å². The molecule has 0 aliphatic carbocycles. The van der Waals surface area contributed by atoms with Crippen LogP contribution < -0.4 is 16.0 Å². The molecule has 1 amide bonds. The highest BCUT2D eigenvalue weighted by molar-refractivity contribution is 5.94. The van der Waals surface area contributed by atoms with E-state index in [4.69, 9.17) is 0 Å². The van der Waals surface area contributed by atoms with Crippen LogP contribution >= 0.6 is 0 Å². The Balaban J connectivity index is 1.89. The molecule has 0 spiro atoms. The van der Waals surface area contributed by atoms with E-state index < -0.39 is 0 Å². The predicted octanol–water partition coefficient (Wildman–Crippen LogP) is 3.17. The molecule has 164 valence electrons. The minimum atomic E-state index is -0.0376. The normalized spacial score (nSPS) is 12.5. The number of aromatic nitrogens is 2. The summed E-state index contributed by atoms with van der Waals surface area (Å²) in [5.74, 6) is 0.740. The minimum absolute atomic E-state index is 0.0376. The van der Waals surface area contributed by atoms with Crippen molar-refractivity contribution in [1.82, 2.24) is 25.7 Å². The average molecular weight is 413 g/mol. The van der Waals surface area contributed by atoms with Crippen molar-refractivity contribution in [3.63, 3.8) is 0 Å². The summed E-state index contributed by atoms with van der Waals surface area (Å²) >= 11 is 0. The Morgan fingerprint density at radius 3 is 2.67 bits per heavy atom. The van der Waals surface area contributed by atoms with Crippen molar-refractivity contribution in [1.29, 1.82) is 0 Å². The number of aliphatic imine (C=N–C) groups is 1. The van der Waals surface area contributed by atoms with Crippen molar-refractivity contribution >= 4 is 11.9 Å². The van der Waals surface area contributed by atoms with E-state index in [0.717, 1.165) is 49.7 Å². The number of hydrogen-bond donors (Lipinski definition) is 3. The molecule has 0 aliphatic heterocycles. The summed E-state index contributed by atoms with van der Waals surface area (Å²) in [5.41, 5.74) is 3.92. The molecule has 1 heterocycles. The highest BCUT2D eigenvalue weighted by atomic mass is 16.1. The Kier molecular flexibility index (Phi) is 9.38. The summed E-state index contributed by atoms with van der Waals surface area (Å²) < 4.78 is 2.04. The van der Waals surface area contributed by atoms with Gasteiger partial charge in [-0.25, -0.2) is 4.99 Å². The second kappa shape index (κ2) is 12.0. The number of rotatable bonds is 10. The average Bonchev–Trinajstić information content (AvgIpc) is 3.06. The summed E-state index contributed by atoms with van der Waals surface area (Å²) in [6.45, 7) is 13.2. The van der Waals surface area contributed by atoms with Crippen LogP contribution in [0.2, 0.25) is 0 Å². The van der Waals surface area contributed by atoms with Gasteiger partial charge in [0.2, 0.25) is 0 Å². The first-order valence-corrected chi connectivity index (χ1v) is 10.9. The molecule has 1 atom stereocenters. The van der Waals surface area contributed by atoms with Crippen LogP contribution in [-0.2, 0) is 13.1 Å². The van der Waals surface area contributed by atoms with Gasteiger partial charge in [0.15, 0.2) is 5.96 Å². The topological polar surface area (TPSA) is 83.3 Å².